The van der Waals surface area contributed by atoms with Crippen LogP contribution in [0, 0.1) is 10.1 Å². The minimum absolute atomic E-state index is 0.0112. The van der Waals surface area contributed by atoms with E-state index < -0.39 is 4.92 Å². The molecule has 0 saturated carbocycles. The molecule has 0 unspecified atom stereocenters. The molecule has 0 aromatic carbocycles. The Hall–Kier alpha value is -2.44. The van der Waals surface area contributed by atoms with Gasteiger partial charge >= 0.3 is 5.69 Å². The number of nitro groups is 1. The van der Waals surface area contributed by atoms with Crippen LogP contribution in [0.5, 0.6) is 0 Å². The molecule has 2 heterocycles. The van der Waals surface area contributed by atoms with E-state index in [2.05, 4.69) is 15.3 Å². The van der Waals surface area contributed by atoms with Crippen LogP contribution in [0.4, 0.5) is 11.4 Å². The summed E-state index contributed by atoms with van der Waals surface area (Å²) >= 11 is 0. The number of aromatic nitrogens is 3. The molecule has 1 N–H and O–H groups in total. The Balaban J connectivity index is 1.75. The third-order valence-corrected chi connectivity index (χ3v) is 2.71. The van der Waals surface area contributed by atoms with E-state index in [0.717, 1.165) is 19.4 Å². The smallest absolute Gasteiger partial charge is 0.310 e. The van der Waals surface area contributed by atoms with Crippen molar-refractivity contribution >= 4 is 11.4 Å². The van der Waals surface area contributed by atoms with Gasteiger partial charge in [-0.3, -0.25) is 15.1 Å². The maximum Gasteiger partial charge on any atom is 0.310 e. The number of anilines is 1. The molecule has 2 aromatic heterocycles. The summed E-state index contributed by atoms with van der Waals surface area (Å²) in [6.45, 7) is 1.60. The molecule has 0 bridgehead atoms. The van der Waals surface area contributed by atoms with Crippen LogP contribution in [0.25, 0.3) is 0 Å². The third-order valence-electron chi connectivity index (χ3n) is 2.71. The Labute approximate surface area is 110 Å². The van der Waals surface area contributed by atoms with Crippen LogP contribution in [0.15, 0.2) is 37.2 Å². The molecule has 0 spiro atoms. The van der Waals surface area contributed by atoms with E-state index in [1.54, 1.807) is 24.8 Å². The van der Waals surface area contributed by atoms with Crippen LogP contribution in [0.2, 0.25) is 0 Å². The molecule has 2 aromatic rings. The molecule has 0 aliphatic heterocycles. The molecule has 100 valence electrons. The van der Waals surface area contributed by atoms with Crippen molar-refractivity contribution < 1.29 is 4.92 Å². The molecule has 0 atom stereocenters. The van der Waals surface area contributed by atoms with Gasteiger partial charge in [0.15, 0.2) is 0 Å². The van der Waals surface area contributed by atoms with Gasteiger partial charge in [-0.1, -0.05) is 0 Å². The van der Waals surface area contributed by atoms with E-state index >= 15 is 0 Å². The average molecular weight is 261 g/mol. The Morgan fingerprint density at radius 2 is 2.21 bits per heavy atom. The first-order chi connectivity index (χ1) is 9.27. The fourth-order valence-electron chi connectivity index (χ4n) is 1.74. The quantitative estimate of drug-likeness (QED) is 0.468. The minimum Gasteiger partial charge on any atom is -0.379 e. The molecule has 19 heavy (non-hydrogen) atoms. The van der Waals surface area contributed by atoms with E-state index in [0.29, 0.717) is 12.2 Å². The first-order valence-corrected chi connectivity index (χ1v) is 6.05. The predicted molar refractivity (Wildman–Crippen MR) is 70.8 cm³/mol. The maximum absolute atomic E-state index is 10.8. The van der Waals surface area contributed by atoms with Crippen LogP contribution < -0.4 is 5.32 Å². The van der Waals surface area contributed by atoms with Crippen LogP contribution in [-0.4, -0.2) is 26.0 Å². The Bertz CT molecular complexity index is 527. The van der Waals surface area contributed by atoms with Crippen molar-refractivity contribution in [2.75, 3.05) is 11.9 Å². The molecular formula is C12H15N5O2. The van der Waals surface area contributed by atoms with E-state index in [1.165, 1.54) is 6.20 Å². The summed E-state index contributed by atoms with van der Waals surface area (Å²) in [5.41, 5.74) is 0.528. The summed E-state index contributed by atoms with van der Waals surface area (Å²) in [7, 11) is 0. The SMILES string of the molecule is O=[N+]([O-])c1cnccc1NCCCCn1ccnc1. The van der Waals surface area contributed by atoms with Gasteiger partial charge < -0.3 is 9.88 Å². The molecule has 0 fully saturated rings. The second-order valence-electron chi connectivity index (χ2n) is 4.08. The second kappa shape index (κ2) is 6.48. The minimum atomic E-state index is -0.430. The lowest BCUT2D eigenvalue weighted by molar-refractivity contribution is -0.384. The summed E-state index contributed by atoms with van der Waals surface area (Å²) in [5.74, 6) is 0. The average Bonchev–Trinajstić information content (AvgIpc) is 2.92. The highest BCUT2D eigenvalue weighted by atomic mass is 16.6. The molecule has 0 aliphatic carbocycles. The third kappa shape index (κ3) is 3.77. The Kier molecular flexibility index (Phi) is 4.44. The number of aryl methyl sites for hydroxylation is 1. The summed E-state index contributed by atoms with van der Waals surface area (Å²) in [6, 6.07) is 1.62. The van der Waals surface area contributed by atoms with Gasteiger partial charge in [0.2, 0.25) is 0 Å². The van der Waals surface area contributed by atoms with Crippen LogP contribution >= 0.6 is 0 Å². The van der Waals surface area contributed by atoms with E-state index in [9.17, 15) is 10.1 Å². The van der Waals surface area contributed by atoms with Gasteiger partial charge in [0.25, 0.3) is 0 Å². The van der Waals surface area contributed by atoms with Gasteiger partial charge in [-0.25, -0.2) is 4.98 Å². The van der Waals surface area contributed by atoms with E-state index in [1.807, 2.05) is 10.8 Å². The lowest BCUT2D eigenvalue weighted by Gasteiger charge is -2.06. The summed E-state index contributed by atoms with van der Waals surface area (Å²) in [6.07, 6.45) is 10.2. The van der Waals surface area contributed by atoms with Crippen molar-refractivity contribution in [3.8, 4) is 0 Å². The van der Waals surface area contributed by atoms with Gasteiger partial charge in [0.05, 0.1) is 11.3 Å². The van der Waals surface area contributed by atoms with Gasteiger partial charge in [0.1, 0.15) is 11.9 Å². The normalized spacial score (nSPS) is 10.3. The van der Waals surface area contributed by atoms with E-state index in [4.69, 9.17) is 0 Å². The topological polar surface area (TPSA) is 85.9 Å². The highest BCUT2D eigenvalue weighted by molar-refractivity contribution is 5.59. The zero-order chi connectivity index (χ0) is 13.5. The number of unbranched alkanes of at least 4 members (excludes halogenated alkanes) is 1. The van der Waals surface area contributed by atoms with Crippen molar-refractivity contribution in [3.05, 3.63) is 47.3 Å². The molecule has 7 nitrogen and oxygen atoms in total. The molecule has 0 aliphatic rings. The fraction of sp³-hybridized carbons (Fsp3) is 0.333. The second-order valence-corrected chi connectivity index (χ2v) is 4.08. The number of hydrogen-bond donors (Lipinski definition) is 1. The Morgan fingerprint density at radius 3 is 2.95 bits per heavy atom. The number of rotatable bonds is 7. The molecule has 0 amide bonds. The Morgan fingerprint density at radius 1 is 1.32 bits per heavy atom. The van der Waals surface area contributed by atoms with Crippen molar-refractivity contribution in [1.82, 2.24) is 14.5 Å². The summed E-state index contributed by atoms with van der Waals surface area (Å²) in [4.78, 5) is 18.1. The van der Waals surface area contributed by atoms with Crippen LogP contribution in [0.1, 0.15) is 12.8 Å². The van der Waals surface area contributed by atoms with Crippen molar-refractivity contribution in [2.45, 2.75) is 19.4 Å². The fourth-order valence-corrected chi connectivity index (χ4v) is 1.74. The zero-order valence-corrected chi connectivity index (χ0v) is 10.4. The zero-order valence-electron chi connectivity index (χ0n) is 10.4. The standard InChI is InChI=1S/C12H15N5O2/c18-17(19)12-9-13-5-3-11(12)15-4-1-2-7-16-8-6-14-10-16/h3,5-6,8-10H,1-2,4,7H2,(H,13,15). The highest BCUT2D eigenvalue weighted by Gasteiger charge is 2.11. The first kappa shape index (κ1) is 13.0. The van der Waals surface area contributed by atoms with Crippen molar-refractivity contribution in [1.29, 1.82) is 0 Å². The maximum atomic E-state index is 10.8. The molecule has 2 rings (SSSR count). The van der Waals surface area contributed by atoms with Gasteiger partial charge in [-0.15, -0.1) is 0 Å². The molecule has 0 saturated heterocycles. The lowest BCUT2D eigenvalue weighted by atomic mass is 10.3. The number of hydrogen-bond acceptors (Lipinski definition) is 5. The van der Waals surface area contributed by atoms with E-state index in [-0.39, 0.29) is 5.69 Å². The van der Waals surface area contributed by atoms with Crippen LogP contribution in [-0.2, 0) is 6.54 Å². The van der Waals surface area contributed by atoms with Gasteiger partial charge in [0, 0.05) is 31.7 Å². The largest absolute Gasteiger partial charge is 0.379 e. The monoisotopic (exact) mass is 261 g/mol. The van der Waals surface area contributed by atoms with Gasteiger partial charge in [-0.2, -0.15) is 0 Å². The van der Waals surface area contributed by atoms with Gasteiger partial charge in [-0.05, 0) is 18.9 Å². The summed E-state index contributed by atoms with van der Waals surface area (Å²) in [5, 5.41) is 13.8. The van der Waals surface area contributed by atoms with Crippen molar-refractivity contribution in [2.24, 2.45) is 0 Å². The van der Waals surface area contributed by atoms with Crippen LogP contribution in [0.3, 0.4) is 0 Å². The lowest BCUT2D eigenvalue weighted by Crippen LogP contribution is -2.06. The predicted octanol–water partition coefficient (Wildman–Crippen LogP) is 2.08. The summed E-state index contributed by atoms with van der Waals surface area (Å²) < 4.78 is 2.01. The molecular weight excluding hydrogens is 246 g/mol. The molecule has 7 heteroatoms. The van der Waals surface area contributed by atoms with Crippen molar-refractivity contribution in [3.63, 3.8) is 0 Å². The number of imidazole rings is 1. The number of nitrogens with zero attached hydrogens (tertiary/aromatic N) is 4. The first-order valence-electron chi connectivity index (χ1n) is 6.05. The number of nitrogens with one attached hydrogen (secondary N) is 1. The molecule has 0 radical (unpaired) electrons. The highest BCUT2D eigenvalue weighted by Crippen LogP contribution is 2.21. The number of pyridine rings is 1.